The maximum absolute atomic E-state index is 14.7. The zero-order valence-electron chi connectivity index (χ0n) is 19.5. The Morgan fingerprint density at radius 1 is 1.13 bits per heavy atom. The van der Waals surface area contributed by atoms with E-state index in [1.807, 2.05) is 27.7 Å². The van der Waals surface area contributed by atoms with E-state index in [1.165, 1.54) is 6.07 Å². The van der Waals surface area contributed by atoms with E-state index >= 15 is 0 Å². The first-order valence-corrected chi connectivity index (χ1v) is 10.9. The average molecular weight is 426 g/mol. The molecule has 31 heavy (non-hydrogen) atoms. The van der Waals surface area contributed by atoms with Crippen molar-refractivity contribution in [2.45, 2.75) is 78.4 Å². The largest absolute Gasteiger partial charge is 0.495 e. The lowest BCUT2D eigenvalue weighted by Gasteiger charge is -2.32. The van der Waals surface area contributed by atoms with Gasteiger partial charge < -0.3 is 14.6 Å². The first-order valence-electron chi connectivity index (χ1n) is 10.9. The fourth-order valence-electron chi connectivity index (χ4n) is 3.72. The van der Waals surface area contributed by atoms with E-state index in [4.69, 9.17) is 9.31 Å². The van der Waals surface area contributed by atoms with Gasteiger partial charge in [-0.2, -0.15) is 0 Å². The molecule has 5 nitrogen and oxygen atoms in total. The number of aryl methyl sites for hydroxylation is 1. The molecule has 0 atom stereocenters. The number of hydrogen-bond acceptors (Lipinski definition) is 4. The maximum Gasteiger partial charge on any atom is 0.495 e. The van der Waals surface area contributed by atoms with Crippen LogP contribution in [0.3, 0.4) is 0 Å². The molecule has 0 radical (unpaired) electrons. The van der Waals surface area contributed by atoms with Gasteiger partial charge in [0.2, 0.25) is 0 Å². The van der Waals surface area contributed by atoms with E-state index in [-0.39, 0.29) is 11.6 Å². The number of rotatable bonds is 6. The molecule has 0 aliphatic carbocycles. The van der Waals surface area contributed by atoms with Crippen LogP contribution in [0.25, 0.3) is 0 Å². The molecule has 2 aromatic rings. The first-order chi connectivity index (χ1) is 14.5. The van der Waals surface area contributed by atoms with Crippen LogP contribution in [0.5, 0.6) is 0 Å². The molecule has 166 valence electrons. The van der Waals surface area contributed by atoms with Gasteiger partial charge in [-0.3, -0.25) is 9.78 Å². The molecule has 7 heteroatoms. The lowest BCUT2D eigenvalue weighted by molar-refractivity contribution is 0.00578. The zero-order valence-corrected chi connectivity index (χ0v) is 19.5. The second-order valence-corrected chi connectivity index (χ2v) is 9.21. The van der Waals surface area contributed by atoms with Crippen LogP contribution in [0.2, 0.25) is 0 Å². The van der Waals surface area contributed by atoms with Crippen LogP contribution in [0.4, 0.5) is 10.1 Å². The van der Waals surface area contributed by atoms with Crippen molar-refractivity contribution in [2.24, 2.45) is 0 Å². The first kappa shape index (κ1) is 23.4. The molecule has 0 spiro atoms. The van der Waals surface area contributed by atoms with Gasteiger partial charge in [0, 0.05) is 23.4 Å². The third-order valence-corrected chi connectivity index (χ3v) is 6.56. The van der Waals surface area contributed by atoms with Gasteiger partial charge >= 0.3 is 7.12 Å². The number of hydrogen-bond donors (Lipinski definition) is 1. The Hall–Kier alpha value is -2.25. The zero-order chi connectivity index (χ0) is 23.0. The van der Waals surface area contributed by atoms with Gasteiger partial charge in [-0.05, 0) is 82.8 Å². The smallest absolute Gasteiger partial charge is 0.399 e. The molecule has 1 aromatic heterocycles. The Balaban J connectivity index is 1.87. The summed E-state index contributed by atoms with van der Waals surface area (Å²) >= 11 is 0. The number of pyridine rings is 1. The highest BCUT2D eigenvalue weighted by Gasteiger charge is 2.52. The monoisotopic (exact) mass is 426 g/mol. The Morgan fingerprint density at radius 3 is 2.32 bits per heavy atom. The minimum atomic E-state index is -0.636. The van der Waals surface area contributed by atoms with E-state index in [9.17, 15) is 9.18 Å². The van der Waals surface area contributed by atoms with Crippen LogP contribution >= 0.6 is 0 Å². The van der Waals surface area contributed by atoms with Crippen LogP contribution in [0.15, 0.2) is 30.5 Å². The van der Waals surface area contributed by atoms with Crippen LogP contribution < -0.4 is 10.8 Å². The van der Waals surface area contributed by atoms with Crippen LogP contribution in [0, 0.1) is 12.7 Å². The Kier molecular flexibility index (Phi) is 6.58. The van der Waals surface area contributed by atoms with Gasteiger partial charge in [0.05, 0.1) is 16.9 Å². The molecule has 0 unspecified atom stereocenters. The van der Waals surface area contributed by atoms with Gasteiger partial charge in [0.1, 0.15) is 5.82 Å². The highest BCUT2D eigenvalue weighted by Crippen LogP contribution is 2.37. The SMILES string of the molecule is CCC(CC)c1cc(C(=O)Nc2cc(B3OC(C)(C)C(C)(C)O3)c(C)cc2F)ccn1. The summed E-state index contributed by atoms with van der Waals surface area (Å²) in [7, 11) is -0.636. The number of nitrogens with one attached hydrogen (secondary N) is 1. The quantitative estimate of drug-likeness (QED) is 0.662. The molecule has 0 saturated carbocycles. The molecule has 1 saturated heterocycles. The number of benzene rings is 1. The molecule has 1 N–H and O–H groups in total. The molecular weight excluding hydrogens is 394 g/mol. The molecule has 3 rings (SSSR count). The summed E-state index contributed by atoms with van der Waals surface area (Å²) in [6, 6.07) is 6.43. The van der Waals surface area contributed by atoms with Crippen molar-refractivity contribution in [1.82, 2.24) is 4.98 Å². The summed E-state index contributed by atoms with van der Waals surface area (Å²) in [5.41, 5.74) is 1.81. The number of carbonyl (C=O) groups is 1. The molecular formula is C24H32BFN2O3. The van der Waals surface area contributed by atoms with Crippen LogP contribution in [-0.2, 0) is 9.31 Å². The second-order valence-electron chi connectivity index (χ2n) is 9.21. The molecule has 1 aliphatic rings. The van der Waals surface area contributed by atoms with E-state index in [0.717, 1.165) is 18.5 Å². The van der Waals surface area contributed by atoms with E-state index in [2.05, 4.69) is 24.1 Å². The molecule has 1 amide bonds. The third kappa shape index (κ3) is 4.67. The van der Waals surface area contributed by atoms with E-state index in [0.29, 0.717) is 22.5 Å². The normalized spacial score (nSPS) is 17.3. The van der Waals surface area contributed by atoms with Crippen LogP contribution in [-0.4, -0.2) is 29.2 Å². The number of halogens is 1. The highest BCUT2D eigenvalue weighted by molar-refractivity contribution is 6.62. The molecule has 0 bridgehead atoms. The van der Waals surface area contributed by atoms with Crippen molar-refractivity contribution in [3.05, 3.63) is 53.1 Å². The van der Waals surface area contributed by atoms with Crippen molar-refractivity contribution in [3.63, 3.8) is 0 Å². The fourth-order valence-corrected chi connectivity index (χ4v) is 3.72. The predicted octanol–water partition coefficient (Wildman–Crippen LogP) is 4.98. The Morgan fingerprint density at radius 2 is 1.74 bits per heavy atom. The predicted molar refractivity (Wildman–Crippen MR) is 122 cm³/mol. The van der Waals surface area contributed by atoms with Gasteiger partial charge in [0.15, 0.2) is 0 Å². The summed E-state index contributed by atoms with van der Waals surface area (Å²) < 4.78 is 26.9. The number of amides is 1. The molecule has 1 fully saturated rings. The number of nitrogens with zero attached hydrogens (tertiary/aromatic N) is 1. The van der Waals surface area contributed by atoms with E-state index < -0.39 is 24.1 Å². The lowest BCUT2D eigenvalue weighted by Crippen LogP contribution is -2.41. The summed E-state index contributed by atoms with van der Waals surface area (Å²) in [5, 5.41) is 2.71. The number of aromatic nitrogens is 1. The maximum atomic E-state index is 14.7. The minimum absolute atomic E-state index is 0.0983. The summed E-state index contributed by atoms with van der Waals surface area (Å²) in [6.07, 6.45) is 3.51. The lowest BCUT2D eigenvalue weighted by atomic mass is 9.76. The van der Waals surface area contributed by atoms with Crippen molar-refractivity contribution >= 4 is 24.2 Å². The fraction of sp³-hybridized carbons (Fsp3) is 0.500. The molecule has 1 aliphatic heterocycles. The molecule has 2 heterocycles. The Bertz CT molecular complexity index is 957. The van der Waals surface area contributed by atoms with Gasteiger partial charge in [-0.25, -0.2) is 4.39 Å². The van der Waals surface area contributed by atoms with Gasteiger partial charge in [0.25, 0.3) is 5.91 Å². The standard InChI is InChI=1S/C24H32BFN2O3/c1-8-16(9-2)20-13-17(10-11-27-20)22(29)28-21-14-18(15(3)12-19(21)26)25-30-23(4,5)24(6,7)31-25/h10-14,16H,8-9H2,1-7H3,(H,28,29). The van der Waals surface area contributed by atoms with Gasteiger partial charge in [-0.15, -0.1) is 0 Å². The van der Waals surface area contributed by atoms with Crippen LogP contribution in [0.1, 0.15) is 81.9 Å². The van der Waals surface area contributed by atoms with Crippen molar-refractivity contribution in [1.29, 1.82) is 0 Å². The van der Waals surface area contributed by atoms with Crippen molar-refractivity contribution in [2.75, 3.05) is 5.32 Å². The summed E-state index contributed by atoms with van der Waals surface area (Å²) in [6.45, 7) is 13.9. The number of carbonyl (C=O) groups excluding carboxylic acids is 1. The number of anilines is 1. The van der Waals surface area contributed by atoms with Gasteiger partial charge in [-0.1, -0.05) is 13.8 Å². The van der Waals surface area contributed by atoms with Crippen molar-refractivity contribution in [3.8, 4) is 0 Å². The molecule has 1 aromatic carbocycles. The Labute approximate surface area is 184 Å². The summed E-state index contributed by atoms with van der Waals surface area (Å²) in [5.74, 6) is -0.587. The third-order valence-electron chi connectivity index (χ3n) is 6.56. The highest BCUT2D eigenvalue weighted by atomic mass is 19.1. The summed E-state index contributed by atoms with van der Waals surface area (Å²) in [4.78, 5) is 17.3. The second kappa shape index (κ2) is 8.71. The minimum Gasteiger partial charge on any atom is -0.399 e. The van der Waals surface area contributed by atoms with E-state index in [1.54, 1.807) is 31.3 Å². The average Bonchev–Trinajstić information content (AvgIpc) is 2.92. The van der Waals surface area contributed by atoms with Crippen molar-refractivity contribution < 1.29 is 18.5 Å². The topological polar surface area (TPSA) is 60.5 Å².